The van der Waals surface area contributed by atoms with Gasteiger partial charge in [-0.25, -0.2) is 4.79 Å². The summed E-state index contributed by atoms with van der Waals surface area (Å²) in [5, 5.41) is 11.7. The Kier molecular flexibility index (Phi) is 7.25. The van der Waals surface area contributed by atoms with E-state index in [1.807, 2.05) is 0 Å². The second kappa shape index (κ2) is 8.71. The number of halogens is 1. The van der Waals surface area contributed by atoms with Gasteiger partial charge in [-0.15, -0.1) is 0 Å². The number of rotatable bonds is 8. The molecule has 5 nitrogen and oxygen atoms in total. The largest absolute Gasteiger partial charge is 0.478 e. The number of unbranched alkanes of at least 4 members (excludes halogenated alkanes) is 3. The van der Waals surface area contributed by atoms with Gasteiger partial charge in [0.1, 0.15) is 0 Å². The molecule has 0 heterocycles. The Morgan fingerprint density at radius 2 is 1.90 bits per heavy atom. The first kappa shape index (κ1) is 16.7. The predicted molar refractivity (Wildman–Crippen MR) is 81.9 cm³/mol. The van der Waals surface area contributed by atoms with Crippen LogP contribution in [-0.2, 0) is 4.79 Å². The molecule has 0 aliphatic heterocycles. The molecule has 0 aliphatic rings. The molecule has 0 aliphatic carbocycles. The molecule has 0 radical (unpaired) electrons. The summed E-state index contributed by atoms with van der Waals surface area (Å²) >= 11 is 3.26. The summed E-state index contributed by atoms with van der Waals surface area (Å²) in [4.78, 5) is 22.9. The fourth-order valence-corrected chi connectivity index (χ4v) is 2.16. The SMILES string of the molecule is NCCCCCCC(=O)Nc1cc(Br)ccc1C(=O)O. The van der Waals surface area contributed by atoms with Gasteiger partial charge in [0.25, 0.3) is 0 Å². The first-order valence-corrected chi connectivity index (χ1v) is 7.36. The Morgan fingerprint density at radius 3 is 2.55 bits per heavy atom. The van der Waals surface area contributed by atoms with Gasteiger partial charge in [0.05, 0.1) is 11.3 Å². The molecule has 1 aromatic rings. The lowest BCUT2D eigenvalue weighted by atomic mass is 10.1. The van der Waals surface area contributed by atoms with Gasteiger partial charge in [0, 0.05) is 10.9 Å². The van der Waals surface area contributed by atoms with Gasteiger partial charge < -0.3 is 16.2 Å². The number of carboxylic acid groups (broad SMARTS) is 1. The van der Waals surface area contributed by atoms with Gasteiger partial charge in [-0.3, -0.25) is 4.79 Å². The van der Waals surface area contributed by atoms with Crippen molar-refractivity contribution in [1.29, 1.82) is 0 Å². The number of benzene rings is 1. The summed E-state index contributed by atoms with van der Waals surface area (Å²) in [7, 11) is 0. The lowest BCUT2D eigenvalue weighted by molar-refractivity contribution is -0.116. The van der Waals surface area contributed by atoms with Crippen LogP contribution in [-0.4, -0.2) is 23.5 Å². The van der Waals surface area contributed by atoms with Crippen molar-refractivity contribution >= 4 is 33.5 Å². The van der Waals surface area contributed by atoms with E-state index in [-0.39, 0.29) is 11.5 Å². The van der Waals surface area contributed by atoms with Crippen molar-refractivity contribution in [2.75, 3.05) is 11.9 Å². The smallest absolute Gasteiger partial charge is 0.337 e. The van der Waals surface area contributed by atoms with Crippen molar-refractivity contribution in [3.05, 3.63) is 28.2 Å². The van der Waals surface area contributed by atoms with Crippen LogP contribution in [0, 0.1) is 0 Å². The highest BCUT2D eigenvalue weighted by atomic mass is 79.9. The molecule has 0 aromatic heterocycles. The summed E-state index contributed by atoms with van der Waals surface area (Å²) < 4.78 is 0.723. The third-order valence-electron chi connectivity index (χ3n) is 2.84. The Labute approximate surface area is 126 Å². The molecule has 1 rings (SSSR count). The molecule has 0 saturated heterocycles. The van der Waals surface area contributed by atoms with Crippen LogP contribution in [0.15, 0.2) is 22.7 Å². The molecular weight excluding hydrogens is 324 g/mol. The van der Waals surface area contributed by atoms with Crippen LogP contribution in [0.5, 0.6) is 0 Å². The van der Waals surface area contributed by atoms with E-state index in [2.05, 4.69) is 21.2 Å². The number of nitrogens with one attached hydrogen (secondary N) is 1. The number of carbonyl (C=O) groups is 2. The lowest BCUT2D eigenvalue weighted by Crippen LogP contribution is -2.14. The molecule has 4 N–H and O–H groups in total. The highest BCUT2D eigenvalue weighted by Crippen LogP contribution is 2.22. The number of hydrogen-bond acceptors (Lipinski definition) is 3. The van der Waals surface area contributed by atoms with E-state index in [9.17, 15) is 9.59 Å². The number of aromatic carboxylic acids is 1. The average molecular weight is 343 g/mol. The average Bonchev–Trinajstić information content (AvgIpc) is 2.38. The van der Waals surface area contributed by atoms with Crippen LogP contribution in [0.25, 0.3) is 0 Å². The van der Waals surface area contributed by atoms with Gasteiger partial charge in [-0.1, -0.05) is 28.8 Å². The van der Waals surface area contributed by atoms with E-state index in [0.717, 1.165) is 30.2 Å². The number of carbonyl (C=O) groups excluding carboxylic acids is 1. The Morgan fingerprint density at radius 1 is 1.20 bits per heavy atom. The van der Waals surface area contributed by atoms with Crippen molar-refractivity contribution in [1.82, 2.24) is 0 Å². The van der Waals surface area contributed by atoms with E-state index in [1.165, 1.54) is 6.07 Å². The second-order valence-electron chi connectivity index (χ2n) is 4.50. The third kappa shape index (κ3) is 5.71. The summed E-state index contributed by atoms with van der Waals surface area (Å²) in [6, 6.07) is 4.69. The first-order valence-electron chi connectivity index (χ1n) is 6.57. The first-order chi connectivity index (χ1) is 9.54. The molecule has 0 unspecified atom stereocenters. The quantitative estimate of drug-likeness (QED) is 0.633. The predicted octanol–water partition coefficient (Wildman–Crippen LogP) is 3.00. The number of carboxylic acids is 1. The molecule has 20 heavy (non-hydrogen) atoms. The maximum Gasteiger partial charge on any atom is 0.337 e. The highest BCUT2D eigenvalue weighted by Gasteiger charge is 2.12. The zero-order chi connectivity index (χ0) is 15.0. The van der Waals surface area contributed by atoms with Crippen LogP contribution in [0.3, 0.4) is 0 Å². The Bertz CT molecular complexity index is 477. The normalized spacial score (nSPS) is 10.3. The van der Waals surface area contributed by atoms with E-state index in [1.54, 1.807) is 12.1 Å². The van der Waals surface area contributed by atoms with Crippen molar-refractivity contribution < 1.29 is 14.7 Å². The standard InChI is InChI=1S/C14H19BrN2O3/c15-10-6-7-11(14(19)20)12(9-10)17-13(18)5-3-1-2-4-8-16/h6-7,9H,1-5,8,16H2,(H,17,18)(H,19,20). The molecule has 1 amide bonds. The van der Waals surface area contributed by atoms with E-state index in [0.29, 0.717) is 18.7 Å². The van der Waals surface area contributed by atoms with Crippen LogP contribution in [0.4, 0.5) is 5.69 Å². The van der Waals surface area contributed by atoms with Crippen LogP contribution >= 0.6 is 15.9 Å². The van der Waals surface area contributed by atoms with E-state index >= 15 is 0 Å². The van der Waals surface area contributed by atoms with Crippen LogP contribution < -0.4 is 11.1 Å². The molecule has 0 bridgehead atoms. The zero-order valence-corrected chi connectivity index (χ0v) is 12.8. The van der Waals surface area contributed by atoms with Gasteiger partial charge >= 0.3 is 5.97 Å². The minimum Gasteiger partial charge on any atom is -0.478 e. The van der Waals surface area contributed by atoms with Crippen molar-refractivity contribution in [2.24, 2.45) is 5.73 Å². The fourth-order valence-electron chi connectivity index (χ4n) is 1.80. The van der Waals surface area contributed by atoms with Gasteiger partial charge in [-0.2, -0.15) is 0 Å². The van der Waals surface area contributed by atoms with Crippen molar-refractivity contribution in [3.8, 4) is 0 Å². The van der Waals surface area contributed by atoms with E-state index < -0.39 is 5.97 Å². The number of anilines is 1. The maximum atomic E-state index is 11.8. The zero-order valence-electron chi connectivity index (χ0n) is 11.2. The summed E-state index contributed by atoms with van der Waals surface area (Å²) in [5.41, 5.74) is 5.80. The number of hydrogen-bond donors (Lipinski definition) is 3. The second-order valence-corrected chi connectivity index (χ2v) is 5.41. The molecule has 6 heteroatoms. The molecular formula is C14H19BrN2O3. The van der Waals surface area contributed by atoms with E-state index in [4.69, 9.17) is 10.8 Å². The molecule has 0 spiro atoms. The van der Waals surface area contributed by atoms with Crippen molar-refractivity contribution in [3.63, 3.8) is 0 Å². The minimum absolute atomic E-state index is 0.0877. The Balaban J connectivity index is 2.53. The van der Waals surface area contributed by atoms with Gasteiger partial charge in [-0.05, 0) is 37.6 Å². The third-order valence-corrected chi connectivity index (χ3v) is 3.34. The highest BCUT2D eigenvalue weighted by molar-refractivity contribution is 9.10. The molecule has 0 atom stereocenters. The molecule has 0 saturated carbocycles. The van der Waals surface area contributed by atoms with Gasteiger partial charge in [0.2, 0.25) is 5.91 Å². The lowest BCUT2D eigenvalue weighted by Gasteiger charge is -2.09. The molecule has 1 aromatic carbocycles. The topological polar surface area (TPSA) is 92.4 Å². The number of amides is 1. The summed E-state index contributed by atoms with van der Waals surface area (Å²) in [5.74, 6) is -1.23. The molecule has 110 valence electrons. The fraction of sp³-hybridized carbons (Fsp3) is 0.429. The minimum atomic E-state index is -1.06. The summed E-state index contributed by atoms with van der Waals surface area (Å²) in [6.07, 6.45) is 4.10. The van der Waals surface area contributed by atoms with Gasteiger partial charge in [0.15, 0.2) is 0 Å². The van der Waals surface area contributed by atoms with Crippen LogP contribution in [0.1, 0.15) is 42.5 Å². The Hall–Kier alpha value is -1.40. The maximum absolute atomic E-state index is 11.8. The summed E-state index contributed by atoms with van der Waals surface area (Å²) in [6.45, 7) is 0.673. The molecule has 0 fully saturated rings. The van der Waals surface area contributed by atoms with Crippen molar-refractivity contribution in [2.45, 2.75) is 32.1 Å². The van der Waals surface area contributed by atoms with Crippen LogP contribution in [0.2, 0.25) is 0 Å². The number of nitrogens with two attached hydrogens (primary N) is 1. The monoisotopic (exact) mass is 342 g/mol.